The first-order valence-corrected chi connectivity index (χ1v) is 7.55. The van der Waals surface area contributed by atoms with Crippen molar-refractivity contribution in [3.8, 4) is 6.07 Å². The van der Waals surface area contributed by atoms with Crippen molar-refractivity contribution in [1.82, 2.24) is 4.57 Å². The van der Waals surface area contributed by atoms with Crippen molar-refractivity contribution < 1.29 is 13.2 Å². The van der Waals surface area contributed by atoms with Crippen LogP contribution in [-0.2, 0) is 16.4 Å². The van der Waals surface area contributed by atoms with Crippen molar-refractivity contribution in [1.29, 1.82) is 5.26 Å². The minimum absolute atomic E-state index is 0.103. The van der Waals surface area contributed by atoms with E-state index in [4.69, 9.17) is 5.26 Å². The predicted octanol–water partition coefficient (Wildman–Crippen LogP) is 1.65. The van der Waals surface area contributed by atoms with Gasteiger partial charge < -0.3 is 4.57 Å². The third-order valence-electron chi connectivity index (χ3n) is 2.93. The summed E-state index contributed by atoms with van der Waals surface area (Å²) in [5.74, 6) is -0.103. The summed E-state index contributed by atoms with van der Waals surface area (Å²) in [6.07, 6.45) is 2.35. The summed E-state index contributed by atoms with van der Waals surface area (Å²) in [7, 11) is -3.43. The van der Waals surface area contributed by atoms with Crippen molar-refractivity contribution >= 4 is 16.1 Å². The highest BCUT2D eigenvalue weighted by Gasteiger charge is 2.14. The standard InChI is InChI=1S/C14H12N2O3S/c15-10-12-3-5-14(6-4-12)20(18,19)9-8-16-7-1-2-13(16)11-17/h1-7,11H,8-9H2. The number of nitriles is 1. The molecule has 1 aromatic heterocycles. The van der Waals surface area contributed by atoms with E-state index in [2.05, 4.69) is 0 Å². The van der Waals surface area contributed by atoms with Gasteiger partial charge in [-0.2, -0.15) is 5.26 Å². The van der Waals surface area contributed by atoms with Gasteiger partial charge in [0.15, 0.2) is 16.1 Å². The number of nitrogens with zero attached hydrogens (tertiary/aromatic N) is 2. The number of aromatic nitrogens is 1. The number of carbonyl (C=O) groups excluding carboxylic acids is 1. The van der Waals surface area contributed by atoms with Crippen molar-refractivity contribution in [3.63, 3.8) is 0 Å². The monoisotopic (exact) mass is 288 g/mol. The highest BCUT2D eigenvalue weighted by atomic mass is 32.2. The molecule has 1 aromatic carbocycles. The normalized spacial score (nSPS) is 10.9. The third kappa shape index (κ3) is 2.95. The number of hydrogen-bond donors (Lipinski definition) is 0. The van der Waals surface area contributed by atoms with Crippen LogP contribution in [0.2, 0.25) is 0 Å². The van der Waals surface area contributed by atoms with Crippen LogP contribution in [0.4, 0.5) is 0 Å². The Hall–Kier alpha value is -2.39. The Morgan fingerprint density at radius 2 is 1.90 bits per heavy atom. The van der Waals surface area contributed by atoms with E-state index in [9.17, 15) is 13.2 Å². The molecule has 0 fully saturated rings. The molecule has 0 radical (unpaired) electrons. The molecular formula is C14H12N2O3S. The fourth-order valence-corrected chi connectivity index (χ4v) is 3.03. The number of hydrogen-bond acceptors (Lipinski definition) is 4. The highest BCUT2D eigenvalue weighted by Crippen LogP contribution is 2.13. The lowest BCUT2D eigenvalue weighted by atomic mass is 10.2. The van der Waals surface area contributed by atoms with Crippen LogP contribution < -0.4 is 0 Å². The first-order valence-electron chi connectivity index (χ1n) is 5.90. The van der Waals surface area contributed by atoms with Gasteiger partial charge in [-0.3, -0.25) is 4.79 Å². The number of aldehydes is 1. The molecular weight excluding hydrogens is 276 g/mol. The van der Waals surface area contributed by atoms with Crippen LogP contribution in [0.1, 0.15) is 16.1 Å². The van der Waals surface area contributed by atoms with Gasteiger partial charge in [0.1, 0.15) is 0 Å². The number of sulfone groups is 1. The SMILES string of the molecule is N#Cc1ccc(S(=O)(=O)CCn2cccc2C=O)cc1. The maximum Gasteiger partial charge on any atom is 0.180 e. The molecule has 0 unspecified atom stereocenters. The summed E-state index contributed by atoms with van der Waals surface area (Å²) in [5.41, 5.74) is 0.859. The quantitative estimate of drug-likeness (QED) is 0.783. The van der Waals surface area contributed by atoms with Gasteiger partial charge >= 0.3 is 0 Å². The Labute approximate surface area is 117 Å². The molecule has 1 heterocycles. The van der Waals surface area contributed by atoms with E-state index in [-0.39, 0.29) is 17.2 Å². The average molecular weight is 288 g/mol. The Kier molecular flexibility index (Phi) is 4.01. The van der Waals surface area contributed by atoms with E-state index in [0.29, 0.717) is 17.5 Å². The summed E-state index contributed by atoms with van der Waals surface area (Å²) < 4.78 is 25.9. The van der Waals surface area contributed by atoms with Gasteiger partial charge in [0.25, 0.3) is 0 Å². The van der Waals surface area contributed by atoms with Gasteiger partial charge in [0.2, 0.25) is 0 Å². The number of carbonyl (C=O) groups is 1. The summed E-state index contributed by atoms with van der Waals surface area (Å²) >= 11 is 0. The van der Waals surface area contributed by atoms with Crippen molar-refractivity contribution in [2.75, 3.05) is 5.75 Å². The van der Waals surface area contributed by atoms with Crippen LogP contribution in [0.3, 0.4) is 0 Å². The molecule has 20 heavy (non-hydrogen) atoms. The van der Waals surface area contributed by atoms with Crippen LogP contribution in [0.25, 0.3) is 0 Å². The topological polar surface area (TPSA) is 79.9 Å². The molecule has 102 valence electrons. The number of rotatable bonds is 5. The molecule has 0 bridgehead atoms. The fraction of sp³-hybridized carbons (Fsp3) is 0.143. The van der Waals surface area contributed by atoms with Crippen molar-refractivity contribution in [2.24, 2.45) is 0 Å². The number of aryl methyl sites for hydroxylation is 1. The largest absolute Gasteiger partial charge is 0.344 e. The second kappa shape index (κ2) is 5.72. The second-order valence-electron chi connectivity index (χ2n) is 4.20. The molecule has 0 spiro atoms. The van der Waals surface area contributed by atoms with E-state index in [1.807, 2.05) is 6.07 Å². The van der Waals surface area contributed by atoms with Crippen molar-refractivity contribution in [2.45, 2.75) is 11.4 Å². The zero-order valence-corrected chi connectivity index (χ0v) is 11.4. The summed E-state index contributed by atoms with van der Waals surface area (Å²) in [5, 5.41) is 8.68. The van der Waals surface area contributed by atoms with E-state index < -0.39 is 9.84 Å². The third-order valence-corrected chi connectivity index (χ3v) is 4.64. The maximum atomic E-state index is 12.1. The molecule has 6 heteroatoms. The molecule has 2 aromatic rings. The summed E-state index contributed by atoms with van der Waals surface area (Å²) in [4.78, 5) is 10.9. The van der Waals surface area contributed by atoms with Gasteiger partial charge in [-0.25, -0.2) is 8.42 Å². The van der Waals surface area contributed by atoms with Gasteiger partial charge in [-0.1, -0.05) is 0 Å². The van der Waals surface area contributed by atoms with Crippen molar-refractivity contribution in [3.05, 3.63) is 53.9 Å². The lowest BCUT2D eigenvalue weighted by molar-refractivity contribution is 0.111. The lowest BCUT2D eigenvalue weighted by Gasteiger charge is -2.07. The number of benzene rings is 1. The molecule has 0 saturated carbocycles. The van der Waals surface area contributed by atoms with Crippen LogP contribution >= 0.6 is 0 Å². The van der Waals surface area contributed by atoms with Crippen LogP contribution in [0, 0.1) is 11.3 Å². The van der Waals surface area contributed by atoms with Crippen LogP contribution in [-0.4, -0.2) is 25.0 Å². The summed E-state index contributed by atoms with van der Waals surface area (Å²) in [6, 6.07) is 11.0. The Balaban J connectivity index is 2.15. The Bertz CT molecular complexity index is 752. The van der Waals surface area contributed by atoms with E-state index >= 15 is 0 Å². The van der Waals surface area contributed by atoms with Gasteiger partial charge in [-0.15, -0.1) is 0 Å². The molecule has 0 aliphatic carbocycles. The molecule has 0 aliphatic heterocycles. The first kappa shape index (κ1) is 14.0. The lowest BCUT2D eigenvalue weighted by Crippen LogP contribution is -2.14. The van der Waals surface area contributed by atoms with E-state index in [1.165, 1.54) is 24.3 Å². The second-order valence-corrected chi connectivity index (χ2v) is 6.31. The average Bonchev–Trinajstić information content (AvgIpc) is 2.93. The van der Waals surface area contributed by atoms with Crippen LogP contribution in [0.15, 0.2) is 47.5 Å². The summed E-state index contributed by atoms with van der Waals surface area (Å²) in [6.45, 7) is 0.212. The molecule has 2 rings (SSSR count). The van der Waals surface area contributed by atoms with E-state index in [1.54, 1.807) is 22.9 Å². The molecule has 0 saturated heterocycles. The molecule has 0 N–H and O–H groups in total. The van der Waals surface area contributed by atoms with Gasteiger partial charge in [-0.05, 0) is 36.4 Å². The Morgan fingerprint density at radius 3 is 2.50 bits per heavy atom. The maximum absolute atomic E-state index is 12.1. The van der Waals surface area contributed by atoms with E-state index in [0.717, 1.165) is 0 Å². The van der Waals surface area contributed by atoms with Gasteiger partial charge in [0.05, 0.1) is 28.0 Å². The zero-order valence-electron chi connectivity index (χ0n) is 10.6. The van der Waals surface area contributed by atoms with Crippen LogP contribution in [0.5, 0.6) is 0 Å². The fourth-order valence-electron chi connectivity index (χ4n) is 1.81. The highest BCUT2D eigenvalue weighted by molar-refractivity contribution is 7.91. The molecule has 0 atom stereocenters. The minimum Gasteiger partial charge on any atom is -0.344 e. The first-order chi connectivity index (χ1) is 9.56. The smallest absolute Gasteiger partial charge is 0.180 e. The Morgan fingerprint density at radius 1 is 1.20 bits per heavy atom. The van der Waals surface area contributed by atoms with Gasteiger partial charge in [0, 0.05) is 12.7 Å². The minimum atomic E-state index is -3.43. The predicted molar refractivity (Wildman–Crippen MR) is 73.0 cm³/mol. The molecule has 0 amide bonds. The molecule has 5 nitrogen and oxygen atoms in total. The zero-order chi connectivity index (χ0) is 14.6. The molecule has 0 aliphatic rings.